The number of hydrogen-bond acceptors (Lipinski definition) is 4. The quantitative estimate of drug-likeness (QED) is 0.864. The molecule has 1 aliphatic rings. The second kappa shape index (κ2) is 8.36. The van der Waals surface area contributed by atoms with Crippen molar-refractivity contribution in [3.63, 3.8) is 0 Å². The van der Waals surface area contributed by atoms with Crippen molar-refractivity contribution in [2.24, 2.45) is 0 Å². The maximum absolute atomic E-state index is 12.8. The van der Waals surface area contributed by atoms with Crippen LogP contribution in [0.1, 0.15) is 41.4 Å². The summed E-state index contributed by atoms with van der Waals surface area (Å²) in [5, 5.41) is 9.41. The molecule has 140 valence electrons. The fraction of sp³-hybridized carbons (Fsp3) is 0.500. The van der Waals surface area contributed by atoms with Crippen molar-refractivity contribution in [2.45, 2.75) is 31.7 Å². The predicted molar refractivity (Wildman–Crippen MR) is 101 cm³/mol. The Morgan fingerprint density at radius 3 is 2.81 bits per heavy atom. The summed E-state index contributed by atoms with van der Waals surface area (Å²) in [5.74, 6) is 1.57. The van der Waals surface area contributed by atoms with Gasteiger partial charge in [-0.3, -0.25) is 4.79 Å². The number of imidazole rings is 1. The van der Waals surface area contributed by atoms with E-state index >= 15 is 0 Å². The first-order chi connectivity index (χ1) is 12.5. The molecule has 1 amide bonds. The van der Waals surface area contributed by atoms with E-state index in [1.54, 1.807) is 24.3 Å². The molecule has 0 aliphatic carbocycles. The molecule has 2 heterocycles. The van der Waals surface area contributed by atoms with Crippen molar-refractivity contribution in [3.8, 4) is 5.75 Å². The number of phenolic OH excluding ortho intramolecular Hbond substituents is 1. The number of phenols is 1. The van der Waals surface area contributed by atoms with Crippen LogP contribution < -0.4 is 0 Å². The topological polar surface area (TPSA) is 61.6 Å². The van der Waals surface area contributed by atoms with Crippen LogP contribution in [-0.2, 0) is 6.54 Å². The number of carbonyl (C=O) groups excluding carboxylic acids is 1. The molecule has 3 rings (SSSR count). The number of aromatic nitrogens is 2. The molecule has 1 aromatic heterocycles. The minimum Gasteiger partial charge on any atom is -0.508 e. The molecule has 6 nitrogen and oxygen atoms in total. The molecule has 1 atom stereocenters. The molecule has 0 unspecified atom stereocenters. The van der Waals surface area contributed by atoms with Crippen LogP contribution in [0.4, 0.5) is 0 Å². The summed E-state index contributed by atoms with van der Waals surface area (Å²) >= 11 is 0. The third-order valence-corrected chi connectivity index (χ3v) is 4.94. The molecule has 1 fully saturated rings. The minimum absolute atomic E-state index is 0.0282. The number of carbonyl (C=O) groups is 1. The molecule has 0 bridgehead atoms. The lowest BCUT2D eigenvalue weighted by Gasteiger charge is -2.33. The number of aromatic hydroxyl groups is 1. The van der Waals surface area contributed by atoms with Crippen LogP contribution in [0.15, 0.2) is 36.7 Å². The molecule has 26 heavy (non-hydrogen) atoms. The Bertz CT molecular complexity index is 724. The van der Waals surface area contributed by atoms with E-state index in [1.807, 2.05) is 17.3 Å². The van der Waals surface area contributed by atoms with E-state index in [-0.39, 0.29) is 17.6 Å². The van der Waals surface area contributed by atoms with Crippen molar-refractivity contribution in [1.29, 1.82) is 0 Å². The second-order valence-corrected chi connectivity index (χ2v) is 7.27. The maximum Gasteiger partial charge on any atom is 0.253 e. The maximum atomic E-state index is 12.8. The Morgan fingerprint density at radius 1 is 1.31 bits per heavy atom. The summed E-state index contributed by atoms with van der Waals surface area (Å²) in [6.07, 6.45) is 7.04. The number of amides is 1. The van der Waals surface area contributed by atoms with Crippen molar-refractivity contribution in [3.05, 3.63) is 48.0 Å². The van der Waals surface area contributed by atoms with E-state index in [0.29, 0.717) is 12.1 Å². The van der Waals surface area contributed by atoms with Crippen molar-refractivity contribution in [1.82, 2.24) is 19.4 Å². The fourth-order valence-corrected chi connectivity index (χ4v) is 3.59. The number of benzene rings is 1. The van der Waals surface area contributed by atoms with Gasteiger partial charge in [0.1, 0.15) is 11.6 Å². The third-order valence-electron chi connectivity index (χ3n) is 4.94. The molecular weight excluding hydrogens is 328 g/mol. The standard InChI is InChI=1S/C20H28N4O2/c1-22(2)11-4-13-23-14-10-21-19(23)17-5-3-12-24(15-17)20(26)16-6-8-18(25)9-7-16/h6-10,14,17,25H,3-5,11-13,15H2,1-2H3/t17-/m1/s1. The monoisotopic (exact) mass is 356 g/mol. The zero-order valence-electron chi connectivity index (χ0n) is 15.6. The van der Waals surface area contributed by atoms with Gasteiger partial charge in [0.05, 0.1) is 0 Å². The first-order valence-electron chi connectivity index (χ1n) is 9.28. The average Bonchev–Trinajstić information content (AvgIpc) is 3.10. The Hall–Kier alpha value is -2.34. The SMILES string of the molecule is CN(C)CCCn1ccnc1[C@@H]1CCCN(C(=O)c2ccc(O)cc2)C1. The van der Waals surface area contributed by atoms with Gasteiger partial charge in [-0.1, -0.05) is 0 Å². The average molecular weight is 356 g/mol. The van der Waals surface area contributed by atoms with E-state index in [9.17, 15) is 9.90 Å². The summed E-state index contributed by atoms with van der Waals surface area (Å²) in [5.41, 5.74) is 0.623. The number of likely N-dealkylation sites (tertiary alicyclic amines) is 1. The molecule has 2 aromatic rings. The van der Waals surface area contributed by atoms with Crippen molar-refractivity contribution < 1.29 is 9.90 Å². The largest absolute Gasteiger partial charge is 0.508 e. The van der Waals surface area contributed by atoms with Crippen LogP contribution >= 0.6 is 0 Å². The summed E-state index contributed by atoms with van der Waals surface area (Å²) < 4.78 is 2.24. The van der Waals surface area contributed by atoms with Gasteiger partial charge in [0.2, 0.25) is 0 Å². The molecular formula is C20H28N4O2. The van der Waals surface area contributed by atoms with Crippen LogP contribution in [0.2, 0.25) is 0 Å². The highest BCUT2D eigenvalue weighted by Crippen LogP contribution is 2.27. The number of rotatable bonds is 6. The normalized spacial score (nSPS) is 17.7. The van der Waals surface area contributed by atoms with E-state index in [4.69, 9.17) is 0 Å². The first-order valence-corrected chi connectivity index (χ1v) is 9.28. The van der Waals surface area contributed by atoms with Gasteiger partial charge in [0, 0.05) is 43.5 Å². The summed E-state index contributed by atoms with van der Waals surface area (Å²) in [4.78, 5) is 21.5. The van der Waals surface area contributed by atoms with Crippen LogP contribution in [-0.4, -0.2) is 64.1 Å². The predicted octanol–water partition coefficient (Wildman–Crippen LogP) is 2.56. The molecule has 0 radical (unpaired) electrons. The van der Waals surface area contributed by atoms with Gasteiger partial charge < -0.3 is 19.5 Å². The van der Waals surface area contributed by atoms with E-state index in [1.165, 1.54) is 0 Å². The smallest absolute Gasteiger partial charge is 0.253 e. The molecule has 0 spiro atoms. The third kappa shape index (κ3) is 4.43. The van der Waals surface area contributed by atoms with Crippen molar-refractivity contribution >= 4 is 5.91 Å². The molecule has 0 saturated carbocycles. The molecule has 1 aliphatic heterocycles. The van der Waals surface area contributed by atoms with Crippen LogP contribution in [0, 0.1) is 0 Å². The van der Waals surface area contributed by atoms with Crippen molar-refractivity contribution in [2.75, 3.05) is 33.7 Å². The molecule has 1 saturated heterocycles. The Balaban J connectivity index is 1.66. The Kier molecular flexibility index (Phi) is 5.93. The molecule has 1 aromatic carbocycles. The highest BCUT2D eigenvalue weighted by Gasteiger charge is 2.27. The van der Waals surface area contributed by atoms with Gasteiger partial charge in [-0.25, -0.2) is 4.98 Å². The van der Waals surface area contributed by atoms with E-state index in [2.05, 4.69) is 28.5 Å². The fourth-order valence-electron chi connectivity index (χ4n) is 3.59. The lowest BCUT2D eigenvalue weighted by molar-refractivity contribution is 0.0703. The summed E-state index contributed by atoms with van der Waals surface area (Å²) in [7, 11) is 4.17. The van der Waals surface area contributed by atoms with Crippen LogP contribution in [0.5, 0.6) is 5.75 Å². The zero-order chi connectivity index (χ0) is 18.5. The van der Waals surface area contributed by atoms with E-state index < -0.39 is 0 Å². The number of piperidine rings is 1. The lowest BCUT2D eigenvalue weighted by atomic mass is 9.96. The van der Waals surface area contributed by atoms with Gasteiger partial charge in [-0.15, -0.1) is 0 Å². The van der Waals surface area contributed by atoms with Gasteiger partial charge in [0.15, 0.2) is 0 Å². The second-order valence-electron chi connectivity index (χ2n) is 7.27. The summed E-state index contributed by atoms with van der Waals surface area (Å²) in [6, 6.07) is 6.49. The Labute approximate surface area is 155 Å². The lowest BCUT2D eigenvalue weighted by Crippen LogP contribution is -2.39. The highest BCUT2D eigenvalue weighted by molar-refractivity contribution is 5.94. The number of nitrogens with zero attached hydrogens (tertiary/aromatic N) is 4. The first kappa shape index (κ1) is 18.5. The molecule has 1 N–H and O–H groups in total. The minimum atomic E-state index is 0.0282. The van der Waals surface area contributed by atoms with E-state index in [0.717, 1.165) is 44.7 Å². The Morgan fingerprint density at radius 2 is 2.08 bits per heavy atom. The number of hydrogen-bond donors (Lipinski definition) is 1. The van der Waals surface area contributed by atoms with Gasteiger partial charge >= 0.3 is 0 Å². The summed E-state index contributed by atoms with van der Waals surface area (Å²) in [6.45, 7) is 3.48. The number of aryl methyl sites for hydroxylation is 1. The zero-order valence-corrected chi connectivity index (χ0v) is 15.6. The molecule has 6 heteroatoms. The van der Waals surface area contributed by atoms with Gasteiger partial charge in [0.25, 0.3) is 5.91 Å². The van der Waals surface area contributed by atoms with Gasteiger partial charge in [-0.05, 0) is 64.2 Å². The highest BCUT2D eigenvalue weighted by atomic mass is 16.3. The van der Waals surface area contributed by atoms with Crippen LogP contribution in [0.25, 0.3) is 0 Å². The van der Waals surface area contributed by atoms with Gasteiger partial charge in [-0.2, -0.15) is 0 Å². The van der Waals surface area contributed by atoms with Crippen LogP contribution in [0.3, 0.4) is 0 Å².